The lowest BCUT2D eigenvalue weighted by Gasteiger charge is -2.23. The molecule has 3 nitrogen and oxygen atoms in total. The molecule has 1 aromatic carbocycles. The minimum absolute atomic E-state index is 0.0274. The van der Waals surface area contributed by atoms with Gasteiger partial charge in [0.2, 0.25) is 5.91 Å². The Morgan fingerprint density at radius 3 is 2.93 bits per heavy atom. The Hall–Kier alpha value is -1.13. The van der Waals surface area contributed by atoms with Crippen LogP contribution >= 0.6 is 11.6 Å². The Morgan fingerprint density at radius 1 is 1.53 bits per heavy atom. The summed E-state index contributed by atoms with van der Waals surface area (Å²) < 4.78 is 18.2. The van der Waals surface area contributed by atoms with Crippen LogP contribution in [0.1, 0.15) is 11.7 Å². The Kier molecular flexibility index (Phi) is 2.88. The zero-order valence-corrected chi connectivity index (χ0v) is 8.55. The van der Waals surface area contributed by atoms with Gasteiger partial charge in [0.1, 0.15) is 18.5 Å². The molecule has 15 heavy (non-hydrogen) atoms. The molecule has 1 amide bonds. The number of halogens is 2. The monoisotopic (exact) mass is 229 g/mol. The first-order valence-corrected chi connectivity index (χ1v) is 4.88. The third kappa shape index (κ3) is 2.27. The quantitative estimate of drug-likeness (QED) is 0.796. The summed E-state index contributed by atoms with van der Waals surface area (Å²) in [4.78, 5) is 10.8. The maximum absolute atomic E-state index is 12.9. The molecule has 1 saturated heterocycles. The van der Waals surface area contributed by atoms with E-state index in [2.05, 4.69) is 5.32 Å². The second-order valence-corrected chi connectivity index (χ2v) is 3.68. The molecule has 2 rings (SSSR count). The van der Waals surface area contributed by atoms with Gasteiger partial charge in [-0.25, -0.2) is 4.39 Å². The third-order valence-corrected chi connectivity index (χ3v) is 2.51. The maximum Gasteiger partial charge on any atom is 0.246 e. The predicted octanol–water partition coefficient (Wildman–Crippen LogP) is 1.67. The third-order valence-electron chi connectivity index (χ3n) is 2.22. The van der Waals surface area contributed by atoms with Crippen LogP contribution in [0.25, 0.3) is 0 Å². The van der Waals surface area contributed by atoms with Crippen LogP contribution in [0.15, 0.2) is 18.2 Å². The van der Waals surface area contributed by atoms with Gasteiger partial charge in [0.25, 0.3) is 0 Å². The molecule has 0 aromatic heterocycles. The molecule has 0 spiro atoms. The summed E-state index contributed by atoms with van der Waals surface area (Å²) in [5.74, 6) is -0.597. The predicted molar refractivity (Wildman–Crippen MR) is 53.1 cm³/mol. The van der Waals surface area contributed by atoms with E-state index in [1.807, 2.05) is 0 Å². The Labute approximate surface area is 91.2 Å². The fraction of sp³-hybridized carbons (Fsp3) is 0.300. The first-order valence-electron chi connectivity index (χ1n) is 4.50. The lowest BCUT2D eigenvalue weighted by atomic mass is 10.1. The molecule has 0 unspecified atom stereocenters. The fourth-order valence-corrected chi connectivity index (χ4v) is 1.61. The van der Waals surface area contributed by atoms with Crippen molar-refractivity contribution in [2.45, 2.75) is 6.10 Å². The number of morpholine rings is 1. The van der Waals surface area contributed by atoms with E-state index < -0.39 is 5.82 Å². The van der Waals surface area contributed by atoms with Crippen molar-refractivity contribution >= 4 is 17.5 Å². The Bertz CT molecular complexity index is 387. The smallest absolute Gasteiger partial charge is 0.246 e. The molecular weight excluding hydrogens is 221 g/mol. The number of amides is 1. The first-order chi connectivity index (χ1) is 7.16. The van der Waals surface area contributed by atoms with Gasteiger partial charge in [0, 0.05) is 6.54 Å². The summed E-state index contributed by atoms with van der Waals surface area (Å²) in [6, 6.07) is 4.40. The van der Waals surface area contributed by atoms with Gasteiger partial charge in [0.05, 0.1) is 5.02 Å². The van der Waals surface area contributed by atoms with Crippen molar-refractivity contribution in [3.8, 4) is 0 Å². The van der Waals surface area contributed by atoms with E-state index in [0.29, 0.717) is 6.54 Å². The van der Waals surface area contributed by atoms with E-state index in [1.54, 1.807) is 6.07 Å². The van der Waals surface area contributed by atoms with Crippen molar-refractivity contribution in [2.75, 3.05) is 13.2 Å². The second kappa shape index (κ2) is 4.16. The molecule has 1 aromatic rings. The molecule has 1 heterocycles. The van der Waals surface area contributed by atoms with Gasteiger partial charge in [0.15, 0.2) is 0 Å². The minimum Gasteiger partial charge on any atom is -0.362 e. The number of benzene rings is 1. The average Bonchev–Trinajstić information content (AvgIpc) is 2.23. The van der Waals surface area contributed by atoms with Crippen molar-refractivity contribution in [3.63, 3.8) is 0 Å². The van der Waals surface area contributed by atoms with Gasteiger partial charge in [-0.15, -0.1) is 0 Å². The molecule has 0 aliphatic carbocycles. The van der Waals surface area contributed by atoms with Crippen LogP contribution in [0.2, 0.25) is 5.02 Å². The van der Waals surface area contributed by atoms with Crippen LogP contribution in [-0.4, -0.2) is 19.1 Å². The van der Waals surface area contributed by atoms with Crippen molar-refractivity contribution in [1.82, 2.24) is 5.32 Å². The Balaban J connectivity index is 2.16. The van der Waals surface area contributed by atoms with Crippen LogP contribution in [0.4, 0.5) is 4.39 Å². The highest BCUT2D eigenvalue weighted by molar-refractivity contribution is 6.30. The first kappa shape index (κ1) is 10.4. The molecule has 1 fully saturated rings. The summed E-state index contributed by atoms with van der Waals surface area (Å²) >= 11 is 5.64. The molecule has 1 atom stereocenters. The minimum atomic E-state index is -0.458. The lowest BCUT2D eigenvalue weighted by Crippen LogP contribution is -2.38. The highest BCUT2D eigenvalue weighted by atomic mass is 35.5. The summed E-state index contributed by atoms with van der Waals surface area (Å²) in [5.41, 5.74) is 0.765. The van der Waals surface area contributed by atoms with Crippen molar-refractivity contribution in [3.05, 3.63) is 34.6 Å². The van der Waals surface area contributed by atoms with Crippen LogP contribution in [0.3, 0.4) is 0 Å². The number of hydrogen-bond donors (Lipinski definition) is 1. The van der Waals surface area contributed by atoms with Crippen LogP contribution in [0, 0.1) is 5.82 Å². The summed E-state index contributed by atoms with van der Waals surface area (Å²) in [5, 5.41) is 2.73. The van der Waals surface area contributed by atoms with E-state index in [-0.39, 0.29) is 23.6 Å². The average molecular weight is 230 g/mol. The molecule has 0 saturated carbocycles. The zero-order valence-electron chi connectivity index (χ0n) is 7.80. The zero-order chi connectivity index (χ0) is 10.8. The Morgan fingerprint density at radius 2 is 2.33 bits per heavy atom. The van der Waals surface area contributed by atoms with Gasteiger partial charge in [-0.3, -0.25) is 4.79 Å². The number of hydrogen-bond acceptors (Lipinski definition) is 2. The van der Waals surface area contributed by atoms with E-state index in [1.165, 1.54) is 12.1 Å². The van der Waals surface area contributed by atoms with E-state index in [9.17, 15) is 9.18 Å². The number of rotatable bonds is 1. The highest BCUT2D eigenvalue weighted by Crippen LogP contribution is 2.23. The van der Waals surface area contributed by atoms with Gasteiger partial charge >= 0.3 is 0 Å². The molecule has 80 valence electrons. The van der Waals surface area contributed by atoms with Crippen LogP contribution in [-0.2, 0) is 9.53 Å². The van der Waals surface area contributed by atoms with Crippen molar-refractivity contribution < 1.29 is 13.9 Å². The van der Waals surface area contributed by atoms with Crippen LogP contribution in [0.5, 0.6) is 0 Å². The molecule has 5 heteroatoms. The fourth-order valence-electron chi connectivity index (χ4n) is 1.42. The van der Waals surface area contributed by atoms with Crippen molar-refractivity contribution in [1.29, 1.82) is 0 Å². The van der Waals surface area contributed by atoms with Gasteiger partial charge in [-0.05, 0) is 17.7 Å². The summed E-state index contributed by atoms with van der Waals surface area (Å²) in [6.07, 6.45) is -0.249. The largest absolute Gasteiger partial charge is 0.362 e. The van der Waals surface area contributed by atoms with Gasteiger partial charge in [-0.2, -0.15) is 0 Å². The SMILES string of the molecule is O=C1CO[C@@H](c2ccc(F)c(Cl)c2)CN1. The second-order valence-electron chi connectivity index (χ2n) is 3.28. The lowest BCUT2D eigenvalue weighted by molar-refractivity contribution is -0.133. The number of carbonyl (C=O) groups excluding carboxylic acids is 1. The molecule has 0 radical (unpaired) electrons. The normalized spacial score (nSPS) is 21.2. The molecule has 1 aliphatic heterocycles. The standard InChI is InChI=1S/C10H9ClFNO2/c11-7-3-6(1-2-8(7)12)9-4-13-10(14)5-15-9/h1-3,9H,4-5H2,(H,13,14)/t9-/m1/s1. The summed E-state index contributed by atoms with van der Waals surface area (Å²) in [7, 11) is 0. The highest BCUT2D eigenvalue weighted by Gasteiger charge is 2.20. The summed E-state index contributed by atoms with van der Waals surface area (Å²) in [6.45, 7) is 0.417. The van der Waals surface area contributed by atoms with E-state index >= 15 is 0 Å². The van der Waals surface area contributed by atoms with Gasteiger partial charge in [-0.1, -0.05) is 17.7 Å². The maximum atomic E-state index is 12.9. The number of ether oxygens (including phenoxy) is 1. The topological polar surface area (TPSA) is 38.3 Å². The van der Waals surface area contributed by atoms with E-state index in [0.717, 1.165) is 5.56 Å². The molecular formula is C10H9ClFNO2. The van der Waals surface area contributed by atoms with Crippen molar-refractivity contribution in [2.24, 2.45) is 0 Å². The number of carbonyl (C=O) groups is 1. The van der Waals surface area contributed by atoms with E-state index in [4.69, 9.17) is 16.3 Å². The number of nitrogens with one attached hydrogen (secondary N) is 1. The molecule has 1 aliphatic rings. The van der Waals surface area contributed by atoms with Gasteiger partial charge < -0.3 is 10.1 Å². The molecule has 0 bridgehead atoms. The molecule has 1 N–H and O–H groups in total. The van der Waals surface area contributed by atoms with Crippen LogP contribution < -0.4 is 5.32 Å².